The van der Waals surface area contributed by atoms with Crippen molar-refractivity contribution in [2.75, 3.05) is 6.61 Å². The second kappa shape index (κ2) is 5.07. The second-order valence-electron chi connectivity index (χ2n) is 4.58. The molecule has 2 heterocycles. The van der Waals surface area contributed by atoms with Gasteiger partial charge in [0, 0.05) is 18.7 Å². The number of ether oxygens (including phenoxy) is 1. The van der Waals surface area contributed by atoms with Gasteiger partial charge in [-0.15, -0.1) is 11.6 Å². The van der Waals surface area contributed by atoms with Gasteiger partial charge in [0.2, 0.25) is 0 Å². The molecule has 0 spiro atoms. The van der Waals surface area contributed by atoms with Crippen LogP contribution in [0.5, 0.6) is 0 Å². The Balaban J connectivity index is 2.37. The normalized spacial score (nSPS) is 32.4. The predicted octanol–water partition coefficient (Wildman–Crippen LogP) is 0.152. The quantitative estimate of drug-likeness (QED) is 0.777. The van der Waals surface area contributed by atoms with Crippen molar-refractivity contribution in [1.29, 1.82) is 0 Å². The number of aromatic nitrogens is 2. The number of nitrogens with one attached hydrogen (secondary N) is 1. The van der Waals surface area contributed by atoms with E-state index >= 15 is 0 Å². The number of rotatable bonds is 3. The van der Waals surface area contributed by atoms with Crippen molar-refractivity contribution in [3.05, 3.63) is 33.1 Å². The van der Waals surface area contributed by atoms with E-state index in [-0.39, 0.29) is 6.42 Å². The number of aliphatic hydroxyl groups excluding tert-OH is 1. The first-order valence-corrected chi connectivity index (χ1v) is 6.21. The van der Waals surface area contributed by atoms with E-state index in [4.69, 9.17) is 16.3 Å². The van der Waals surface area contributed by atoms with Gasteiger partial charge in [-0.1, -0.05) is 0 Å². The van der Waals surface area contributed by atoms with E-state index in [0.717, 1.165) is 10.6 Å². The van der Waals surface area contributed by atoms with E-state index < -0.39 is 41.2 Å². The lowest BCUT2D eigenvalue weighted by Crippen LogP contribution is -2.42. The topological polar surface area (TPSA) is 84.3 Å². The van der Waals surface area contributed by atoms with E-state index in [1.54, 1.807) is 0 Å². The predicted molar refractivity (Wildman–Crippen MR) is 66.1 cm³/mol. The molecular weight excluding hydrogens is 279 g/mol. The summed E-state index contributed by atoms with van der Waals surface area (Å²) in [5.74, 6) is 0. The lowest BCUT2D eigenvalue weighted by atomic mass is 9.96. The molecule has 0 bridgehead atoms. The molecule has 1 aliphatic heterocycles. The van der Waals surface area contributed by atoms with Gasteiger partial charge >= 0.3 is 5.69 Å². The number of H-pyrrole nitrogens is 1. The van der Waals surface area contributed by atoms with E-state index in [0.29, 0.717) is 0 Å². The number of aromatic amines is 1. The Morgan fingerprint density at radius 1 is 1.74 bits per heavy atom. The lowest BCUT2D eigenvalue weighted by Gasteiger charge is -2.28. The molecule has 2 N–H and O–H groups in total. The molecule has 106 valence electrons. The summed E-state index contributed by atoms with van der Waals surface area (Å²) in [4.78, 5) is 24.7. The molecule has 0 amide bonds. The van der Waals surface area contributed by atoms with Crippen molar-refractivity contribution < 1.29 is 14.2 Å². The zero-order valence-corrected chi connectivity index (χ0v) is 10.9. The van der Waals surface area contributed by atoms with Gasteiger partial charge in [-0.05, 0) is 6.92 Å². The Hall–Kier alpha value is -1.18. The van der Waals surface area contributed by atoms with Crippen LogP contribution in [0.4, 0.5) is 4.39 Å². The molecule has 2 rings (SSSR count). The molecule has 6 nitrogen and oxygen atoms in total. The molecule has 1 aromatic rings. The maximum atomic E-state index is 13.6. The summed E-state index contributed by atoms with van der Waals surface area (Å²) < 4.78 is 20.1. The summed E-state index contributed by atoms with van der Waals surface area (Å²) in [6.45, 7) is 0.723. The largest absolute Gasteiger partial charge is 0.393 e. The summed E-state index contributed by atoms with van der Waals surface area (Å²) in [6.07, 6.45) is -1.07. The van der Waals surface area contributed by atoms with E-state index in [9.17, 15) is 19.1 Å². The Kier molecular flexibility index (Phi) is 3.80. The Labute approximate surface area is 112 Å². The molecule has 8 heteroatoms. The van der Waals surface area contributed by atoms with Crippen LogP contribution in [-0.2, 0) is 4.74 Å². The van der Waals surface area contributed by atoms with E-state index in [1.165, 1.54) is 13.1 Å². The molecule has 1 aromatic heterocycles. The van der Waals surface area contributed by atoms with Gasteiger partial charge in [0.05, 0.1) is 12.0 Å². The molecule has 4 atom stereocenters. The summed E-state index contributed by atoms with van der Waals surface area (Å²) in [7, 11) is 0. The lowest BCUT2D eigenvalue weighted by molar-refractivity contribution is -0.132. The van der Waals surface area contributed by atoms with Crippen LogP contribution < -0.4 is 11.2 Å². The second-order valence-corrected chi connectivity index (χ2v) is 5.15. The molecule has 0 saturated carbocycles. The van der Waals surface area contributed by atoms with Crippen molar-refractivity contribution in [1.82, 2.24) is 9.55 Å². The zero-order valence-electron chi connectivity index (χ0n) is 10.2. The highest BCUT2D eigenvalue weighted by Gasteiger charge is 2.50. The molecule has 2 unspecified atom stereocenters. The van der Waals surface area contributed by atoms with Gasteiger partial charge in [0.15, 0.2) is 6.23 Å². The summed E-state index contributed by atoms with van der Waals surface area (Å²) >= 11 is 6.08. The van der Waals surface area contributed by atoms with Crippen LogP contribution in [-0.4, -0.2) is 38.4 Å². The first-order valence-electron chi connectivity index (χ1n) is 5.78. The van der Waals surface area contributed by atoms with Gasteiger partial charge in [0.1, 0.15) is 11.8 Å². The highest BCUT2D eigenvalue weighted by Crippen LogP contribution is 2.41. The SMILES string of the molecule is CC(F)[C@@]1(CO)C[C@@H](Cl)C(n2ccc(=O)[nH]c2=O)O1. The van der Waals surface area contributed by atoms with E-state index in [2.05, 4.69) is 4.98 Å². The number of alkyl halides is 2. The third-order valence-corrected chi connectivity index (χ3v) is 3.69. The number of halogens is 2. The van der Waals surface area contributed by atoms with Crippen molar-refractivity contribution in [3.8, 4) is 0 Å². The van der Waals surface area contributed by atoms with Crippen LogP contribution >= 0.6 is 11.6 Å². The van der Waals surface area contributed by atoms with Crippen LogP contribution in [0, 0.1) is 0 Å². The standard InChI is InChI=1S/C11H14ClFN2O4/c1-6(13)11(5-16)4-7(12)9(19-11)15-3-2-8(17)14-10(15)18/h2-3,6-7,9,16H,4-5H2,1H3,(H,14,17,18)/t6?,7-,9?,11+/m1/s1. The number of aliphatic hydroxyl groups is 1. The van der Waals surface area contributed by atoms with Crippen LogP contribution in [0.25, 0.3) is 0 Å². The molecule has 0 aliphatic carbocycles. The number of nitrogens with zero attached hydrogens (tertiary/aromatic N) is 1. The molecule has 19 heavy (non-hydrogen) atoms. The number of hydrogen-bond donors (Lipinski definition) is 2. The minimum absolute atomic E-state index is 0.0684. The maximum Gasteiger partial charge on any atom is 0.330 e. The maximum absolute atomic E-state index is 13.6. The molecule has 0 radical (unpaired) electrons. The highest BCUT2D eigenvalue weighted by atomic mass is 35.5. The fraction of sp³-hybridized carbons (Fsp3) is 0.636. The molecular formula is C11H14ClFN2O4. The zero-order chi connectivity index (χ0) is 14.2. The summed E-state index contributed by atoms with van der Waals surface area (Å²) in [5.41, 5.74) is -2.66. The van der Waals surface area contributed by atoms with Crippen LogP contribution in [0.1, 0.15) is 19.6 Å². The van der Waals surface area contributed by atoms with Crippen molar-refractivity contribution in [2.24, 2.45) is 0 Å². The van der Waals surface area contributed by atoms with Gasteiger partial charge in [0.25, 0.3) is 5.56 Å². The third-order valence-electron chi connectivity index (χ3n) is 3.32. The average Bonchev–Trinajstić information content (AvgIpc) is 2.68. The fourth-order valence-corrected chi connectivity index (χ4v) is 2.57. The molecule has 1 aliphatic rings. The van der Waals surface area contributed by atoms with Crippen LogP contribution in [0.2, 0.25) is 0 Å². The molecule has 0 aromatic carbocycles. The van der Waals surface area contributed by atoms with Crippen molar-refractivity contribution in [3.63, 3.8) is 0 Å². The van der Waals surface area contributed by atoms with Gasteiger partial charge < -0.3 is 9.84 Å². The Morgan fingerprint density at radius 2 is 2.42 bits per heavy atom. The minimum Gasteiger partial charge on any atom is -0.393 e. The highest BCUT2D eigenvalue weighted by molar-refractivity contribution is 6.21. The monoisotopic (exact) mass is 292 g/mol. The fourth-order valence-electron chi connectivity index (χ4n) is 2.14. The average molecular weight is 293 g/mol. The minimum atomic E-state index is -1.44. The van der Waals surface area contributed by atoms with Crippen LogP contribution in [0.15, 0.2) is 21.9 Å². The smallest absolute Gasteiger partial charge is 0.330 e. The van der Waals surface area contributed by atoms with Gasteiger partial charge in [-0.25, -0.2) is 9.18 Å². The first kappa shape index (κ1) is 14.2. The van der Waals surface area contributed by atoms with Crippen molar-refractivity contribution >= 4 is 11.6 Å². The Bertz CT molecular complexity index is 572. The first-order chi connectivity index (χ1) is 8.89. The third kappa shape index (κ3) is 2.45. The van der Waals surface area contributed by atoms with Crippen molar-refractivity contribution in [2.45, 2.75) is 36.7 Å². The van der Waals surface area contributed by atoms with E-state index in [1.807, 2.05) is 0 Å². The summed E-state index contributed by atoms with van der Waals surface area (Å²) in [5, 5.41) is 8.63. The van der Waals surface area contributed by atoms with Crippen LogP contribution in [0.3, 0.4) is 0 Å². The molecule has 1 fully saturated rings. The summed E-state index contributed by atoms with van der Waals surface area (Å²) in [6, 6.07) is 1.15. The van der Waals surface area contributed by atoms with Gasteiger partial charge in [-0.2, -0.15) is 0 Å². The van der Waals surface area contributed by atoms with Gasteiger partial charge in [-0.3, -0.25) is 14.3 Å². The molecule has 1 saturated heterocycles. The number of hydrogen-bond acceptors (Lipinski definition) is 4. The Morgan fingerprint density at radius 3 is 2.89 bits per heavy atom.